The van der Waals surface area contributed by atoms with Gasteiger partial charge >= 0.3 is 0 Å². The summed E-state index contributed by atoms with van der Waals surface area (Å²) in [6.45, 7) is 6.01. The number of rotatable bonds is 3. The van der Waals surface area contributed by atoms with E-state index in [1.165, 1.54) is 0 Å². The molecule has 5 rings (SSSR count). The fourth-order valence-electron chi connectivity index (χ4n) is 4.49. The number of fused-ring (bicyclic) bond motifs is 7. The van der Waals surface area contributed by atoms with Crippen molar-refractivity contribution in [1.29, 1.82) is 5.26 Å². The standard InChI is InChI=1S/C26H32N6O3S/c1-3-36(34,35)31-20-8-9-21-22(17-20)32-15-12-26(2,13-16-32)11-5-4-6-14-28-24-19(18-27)7-10-23(29-24)30-25(21)33/h4-5,7-10,17,31H,3,6,11-16H2,1-2H3,(H2,28,29,30,33)/b5-4-. The van der Waals surface area contributed by atoms with Gasteiger partial charge in [0.05, 0.1) is 28.3 Å². The van der Waals surface area contributed by atoms with E-state index in [-0.39, 0.29) is 17.1 Å². The Hall–Kier alpha value is -3.58. The summed E-state index contributed by atoms with van der Waals surface area (Å²) in [6.07, 6.45) is 8.04. The third kappa shape index (κ3) is 5.97. The number of nitriles is 1. The average molecular weight is 509 g/mol. The highest BCUT2D eigenvalue weighted by Crippen LogP contribution is 2.38. The largest absolute Gasteiger partial charge is 0.371 e. The fraction of sp³-hybridized carbons (Fsp3) is 0.423. The van der Waals surface area contributed by atoms with Gasteiger partial charge in [-0.15, -0.1) is 0 Å². The Balaban J connectivity index is 1.73. The second-order valence-corrected chi connectivity index (χ2v) is 11.6. The summed E-state index contributed by atoms with van der Waals surface area (Å²) >= 11 is 0. The van der Waals surface area contributed by atoms with Crippen molar-refractivity contribution in [2.45, 2.75) is 39.5 Å². The van der Waals surface area contributed by atoms with Crippen molar-refractivity contribution >= 4 is 38.9 Å². The topological polar surface area (TPSA) is 127 Å². The minimum absolute atomic E-state index is 0.0408. The molecule has 1 aromatic carbocycles. The van der Waals surface area contributed by atoms with Gasteiger partial charge in [0.1, 0.15) is 17.7 Å². The van der Waals surface area contributed by atoms with Gasteiger partial charge in [0, 0.05) is 19.6 Å². The van der Waals surface area contributed by atoms with Crippen LogP contribution in [0.1, 0.15) is 55.5 Å². The number of hydrogen-bond acceptors (Lipinski definition) is 7. The molecular formula is C26H32N6O3S. The Bertz CT molecular complexity index is 1310. The van der Waals surface area contributed by atoms with Crippen LogP contribution in [0.5, 0.6) is 0 Å². The fourth-order valence-corrected chi connectivity index (χ4v) is 5.12. The lowest BCUT2D eigenvalue weighted by Crippen LogP contribution is -2.39. The number of nitrogens with one attached hydrogen (secondary N) is 3. The third-order valence-corrected chi connectivity index (χ3v) is 8.15. The molecule has 36 heavy (non-hydrogen) atoms. The first kappa shape index (κ1) is 25.5. The maximum absolute atomic E-state index is 13.4. The first-order valence-corrected chi connectivity index (χ1v) is 13.9. The van der Waals surface area contributed by atoms with E-state index in [1.54, 1.807) is 37.3 Å². The van der Waals surface area contributed by atoms with Gasteiger partial charge in [-0.05, 0) is 68.4 Å². The maximum atomic E-state index is 13.4. The van der Waals surface area contributed by atoms with Gasteiger partial charge in [-0.2, -0.15) is 5.26 Å². The molecule has 0 spiro atoms. The lowest BCUT2D eigenvalue weighted by molar-refractivity contribution is 0.102. The van der Waals surface area contributed by atoms with Crippen molar-refractivity contribution in [1.82, 2.24) is 4.98 Å². The molecule has 0 aliphatic carbocycles. The minimum atomic E-state index is -3.46. The SMILES string of the molecule is CCS(=O)(=O)Nc1ccc2c(c1)N1CCC(C)(C/C=C\CCNc3nc(ccc3C#N)NC2=O)CC1. The molecule has 3 aliphatic heterocycles. The second-order valence-electron chi connectivity index (χ2n) is 9.58. The molecule has 1 saturated heterocycles. The molecule has 1 aromatic heterocycles. The molecule has 10 heteroatoms. The summed E-state index contributed by atoms with van der Waals surface area (Å²) in [5.41, 5.74) is 2.09. The van der Waals surface area contributed by atoms with Gasteiger partial charge in [0.2, 0.25) is 10.0 Å². The molecule has 3 aliphatic rings. The first-order chi connectivity index (χ1) is 17.2. The number of amides is 1. The Labute approximate surface area is 212 Å². The van der Waals surface area contributed by atoms with Gasteiger partial charge in [-0.25, -0.2) is 13.4 Å². The average Bonchev–Trinajstić information content (AvgIpc) is 2.86. The molecule has 190 valence electrons. The molecule has 1 fully saturated rings. The Morgan fingerprint density at radius 1 is 1.19 bits per heavy atom. The predicted molar refractivity (Wildman–Crippen MR) is 143 cm³/mol. The number of pyridine rings is 1. The molecule has 0 atom stereocenters. The second kappa shape index (κ2) is 10.6. The van der Waals surface area contributed by atoms with E-state index >= 15 is 0 Å². The van der Waals surface area contributed by atoms with Gasteiger partial charge < -0.3 is 15.5 Å². The van der Waals surface area contributed by atoms with Gasteiger partial charge in [-0.1, -0.05) is 19.1 Å². The highest BCUT2D eigenvalue weighted by atomic mass is 32.2. The van der Waals surface area contributed by atoms with Crippen LogP contribution in [0.4, 0.5) is 23.0 Å². The van der Waals surface area contributed by atoms with Gasteiger partial charge in [0.15, 0.2) is 0 Å². The van der Waals surface area contributed by atoms with Crippen LogP contribution in [-0.4, -0.2) is 44.7 Å². The summed E-state index contributed by atoms with van der Waals surface area (Å²) in [6, 6.07) is 10.3. The van der Waals surface area contributed by atoms with E-state index in [9.17, 15) is 18.5 Å². The van der Waals surface area contributed by atoms with Gasteiger partial charge in [0.25, 0.3) is 5.91 Å². The third-order valence-electron chi connectivity index (χ3n) is 6.85. The van der Waals surface area contributed by atoms with E-state index in [0.717, 1.165) is 38.8 Å². The van der Waals surface area contributed by atoms with Crippen molar-refractivity contribution in [3.63, 3.8) is 0 Å². The molecule has 0 unspecified atom stereocenters. The normalized spacial score (nSPS) is 18.7. The van der Waals surface area contributed by atoms with Gasteiger partial charge in [-0.3, -0.25) is 9.52 Å². The Morgan fingerprint density at radius 2 is 1.97 bits per heavy atom. The number of aromatic nitrogens is 1. The summed E-state index contributed by atoms with van der Waals surface area (Å²) < 4.78 is 26.9. The van der Waals surface area contributed by atoms with Crippen LogP contribution in [0.3, 0.4) is 0 Å². The zero-order valence-corrected chi connectivity index (χ0v) is 21.5. The van der Waals surface area contributed by atoms with Crippen molar-refractivity contribution < 1.29 is 13.2 Å². The predicted octanol–water partition coefficient (Wildman–Crippen LogP) is 4.34. The van der Waals surface area contributed by atoms with Crippen LogP contribution in [0.15, 0.2) is 42.5 Å². The van der Waals surface area contributed by atoms with Crippen molar-refractivity contribution in [2.75, 3.05) is 45.6 Å². The first-order valence-electron chi connectivity index (χ1n) is 12.2. The Morgan fingerprint density at radius 3 is 2.69 bits per heavy atom. The maximum Gasteiger partial charge on any atom is 0.258 e. The van der Waals surface area contributed by atoms with E-state index < -0.39 is 10.0 Å². The molecule has 1 amide bonds. The smallest absolute Gasteiger partial charge is 0.258 e. The number of sulfonamides is 1. The number of carbonyl (C=O) groups is 1. The minimum Gasteiger partial charge on any atom is -0.371 e. The van der Waals surface area contributed by atoms with Crippen LogP contribution in [-0.2, 0) is 10.0 Å². The zero-order valence-electron chi connectivity index (χ0n) is 20.7. The molecular weight excluding hydrogens is 476 g/mol. The quantitative estimate of drug-likeness (QED) is 0.527. The lowest BCUT2D eigenvalue weighted by atomic mass is 9.77. The summed E-state index contributed by atoms with van der Waals surface area (Å²) in [5.74, 6) is 0.362. The summed E-state index contributed by atoms with van der Waals surface area (Å²) in [5, 5.41) is 15.5. The van der Waals surface area contributed by atoms with Crippen LogP contribution in [0, 0.1) is 16.7 Å². The summed E-state index contributed by atoms with van der Waals surface area (Å²) in [4.78, 5) is 20.0. The number of hydrogen-bond donors (Lipinski definition) is 3. The number of allylic oxidation sites excluding steroid dienone is 1. The zero-order chi connectivity index (χ0) is 25.8. The van der Waals surface area contributed by atoms with Crippen molar-refractivity contribution in [3.8, 4) is 6.07 Å². The Kier molecular flexibility index (Phi) is 7.50. The van der Waals surface area contributed by atoms with E-state index in [1.807, 2.05) is 0 Å². The summed E-state index contributed by atoms with van der Waals surface area (Å²) in [7, 11) is -3.46. The van der Waals surface area contributed by atoms with Crippen LogP contribution in [0.2, 0.25) is 0 Å². The number of piperidine rings is 1. The molecule has 3 N–H and O–H groups in total. The van der Waals surface area contributed by atoms with E-state index in [4.69, 9.17) is 0 Å². The molecule has 9 nitrogen and oxygen atoms in total. The van der Waals surface area contributed by atoms with E-state index in [2.05, 4.69) is 50.4 Å². The molecule has 2 aromatic rings. The number of benzene rings is 1. The highest BCUT2D eigenvalue weighted by molar-refractivity contribution is 7.92. The van der Waals surface area contributed by atoms with Crippen molar-refractivity contribution in [2.24, 2.45) is 5.41 Å². The lowest BCUT2D eigenvalue weighted by Gasteiger charge is -2.40. The van der Waals surface area contributed by atoms with Crippen LogP contribution < -0.4 is 20.3 Å². The molecule has 0 radical (unpaired) electrons. The monoisotopic (exact) mass is 508 g/mol. The number of carbonyl (C=O) groups excluding carboxylic acids is 1. The number of anilines is 4. The molecule has 4 bridgehead atoms. The molecule has 4 heterocycles. The van der Waals surface area contributed by atoms with Crippen LogP contribution >= 0.6 is 0 Å². The van der Waals surface area contributed by atoms with E-state index in [0.29, 0.717) is 40.7 Å². The van der Waals surface area contributed by atoms with Crippen LogP contribution in [0.25, 0.3) is 0 Å². The van der Waals surface area contributed by atoms with Crippen molar-refractivity contribution in [3.05, 3.63) is 53.6 Å². The highest BCUT2D eigenvalue weighted by Gasteiger charge is 2.31. The number of nitrogens with zero attached hydrogens (tertiary/aromatic N) is 3. The molecule has 0 saturated carbocycles.